The number of aromatic nitrogens is 4. The Kier molecular flexibility index (Phi) is 7.52. The van der Waals surface area contributed by atoms with Crippen LogP contribution in [0, 0.1) is 0 Å². The van der Waals surface area contributed by atoms with E-state index in [1.165, 1.54) is 0 Å². The second-order valence-corrected chi connectivity index (χ2v) is 9.12. The summed E-state index contributed by atoms with van der Waals surface area (Å²) in [5.41, 5.74) is 1.57. The first-order valence-electron chi connectivity index (χ1n) is 10.1. The van der Waals surface area contributed by atoms with Crippen LogP contribution < -0.4 is 9.47 Å². The third-order valence-corrected chi connectivity index (χ3v) is 6.72. The summed E-state index contributed by atoms with van der Waals surface area (Å²) in [6, 6.07) is 14.8. The van der Waals surface area contributed by atoms with E-state index in [0.717, 1.165) is 45.0 Å². The normalized spacial score (nSPS) is 11.3. The zero-order valence-electron chi connectivity index (χ0n) is 17.5. The summed E-state index contributed by atoms with van der Waals surface area (Å²) >= 11 is 3.26. The highest BCUT2D eigenvalue weighted by molar-refractivity contribution is 8.01. The Morgan fingerprint density at radius 1 is 1.09 bits per heavy atom. The summed E-state index contributed by atoms with van der Waals surface area (Å²) < 4.78 is 13.6. The molecule has 9 heteroatoms. The fraction of sp³-hybridized carbons (Fsp3) is 0.217. The number of carbonyl (C=O) groups is 1. The minimum atomic E-state index is -0.0465. The van der Waals surface area contributed by atoms with Gasteiger partial charge in [-0.3, -0.25) is 4.79 Å². The highest BCUT2D eigenvalue weighted by Gasteiger charge is 2.06. The molecule has 4 aromatic rings. The first-order chi connectivity index (χ1) is 15.7. The second-order valence-electron chi connectivity index (χ2n) is 6.83. The van der Waals surface area contributed by atoms with Gasteiger partial charge < -0.3 is 9.47 Å². The van der Waals surface area contributed by atoms with E-state index in [1.54, 1.807) is 65.3 Å². The van der Waals surface area contributed by atoms with Crippen molar-refractivity contribution in [3.8, 4) is 11.5 Å². The number of hydrogen-bond acceptors (Lipinski definition) is 8. The first-order valence-corrected chi connectivity index (χ1v) is 11.9. The number of unbranched alkanes of at least 4 members (excludes halogenated alkanes) is 1. The van der Waals surface area contributed by atoms with E-state index in [9.17, 15) is 4.79 Å². The molecular formula is C23H22N4O3S2. The molecule has 2 heterocycles. The predicted molar refractivity (Wildman–Crippen MR) is 127 cm³/mol. The number of thioether (sulfide) groups is 1. The number of allylic oxidation sites excluding steroid dienone is 1. The Labute approximate surface area is 194 Å². The van der Waals surface area contributed by atoms with E-state index in [0.29, 0.717) is 12.2 Å². The van der Waals surface area contributed by atoms with Gasteiger partial charge >= 0.3 is 0 Å². The van der Waals surface area contributed by atoms with Gasteiger partial charge in [0.2, 0.25) is 4.96 Å². The van der Waals surface area contributed by atoms with Gasteiger partial charge in [0.15, 0.2) is 10.1 Å². The van der Waals surface area contributed by atoms with Gasteiger partial charge in [0.05, 0.1) is 13.7 Å². The van der Waals surface area contributed by atoms with Crippen molar-refractivity contribution in [1.29, 1.82) is 0 Å². The molecule has 4 rings (SSSR count). The lowest BCUT2D eigenvalue weighted by Crippen LogP contribution is -1.99. The SMILES string of the molecule is COc1ccc(/C=C/C(=O)c2ccc(OCCCCSc3nn4cnnc4s3)cc2)cc1. The molecule has 0 unspecified atom stereocenters. The molecule has 0 fully saturated rings. The van der Waals surface area contributed by atoms with Crippen LogP contribution in [0.5, 0.6) is 11.5 Å². The van der Waals surface area contributed by atoms with E-state index < -0.39 is 0 Å². The van der Waals surface area contributed by atoms with Gasteiger partial charge in [-0.2, -0.15) is 4.52 Å². The summed E-state index contributed by atoms with van der Waals surface area (Å²) in [5, 5.41) is 12.2. The van der Waals surface area contributed by atoms with Crippen molar-refractivity contribution in [1.82, 2.24) is 19.8 Å². The lowest BCUT2D eigenvalue weighted by molar-refractivity contribution is 0.104. The Morgan fingerprint density at radius 3 is 2.62 bits per heavy atom. The fourth-order valence-electron chi connectivity index (χ4n) is 2.85. The molecule has 0 aliphatic rings. The second kappa shape index (κ2) is 10.9. The Hall–Kier alpha value is -3.17. The van der Waals surface area contributed by atoms with Crippen molar-refractivity contribution in [2.45, 2.75) is 17.2 Å². The molecule has 0 saturated heterocycles. The molecule has 0 atom stereocenters. The molecule has 7 nitrogen and oxygen atoms in total. The number of carbonyl (C=O) groups excluding carboxylic acids is 1. The molecule has 32 heavy (non-hydrogen) atoms. The maximum Gasteiger partial charge on any atom is 0.235 e. The van der Waals surface area contributed by atoms with Gasteiger partial charge in [-0.05, 0) is 60.9 Å². The van der Waals surface area contributed by atoms with Gasteiger partial charge in [-0.15, -0.1) is 15.3 Å². The van der Waals surface area contributed by atoms with Crippen LogP contribution in [0.2, 0.25) is 0 Å². The number of fused-ring (bicyclic) bond motifs is 1. The van der Waals surface area contributed by atoms with Crippen LogP contribution >= 0.6 is 23.1 Å². The predicted octanol–water partition coefficient (Wildman–Crippen LogP) is 5.04. The lowest BCUT2D eigenvalue weighted by Gasteiger charge is -2.06. The lowest BCUT2D eigenvalue weighted by atomic mass is 10.1. The topological polar surface area (TPSA) is 78.6 Å². The molecule has 2 aromatic heterocycles. The van der Waals surface area contributed by atoms with Gasteiger partial charge in [0.25, 0.3) is 0 Å². The van der Waals surface area contributed by atoms with Gasteiger partial charge in [-0.25, -0.2) is 0 Å². The third kappa shape index (κ3) is 5.95. The maximum atomic E-state index is 12.4. The van der Waals surface area contributed by atoms with E-state index >= 15 is 0 Å². The summed E-state index contributed by atoms with van der Waals surface area (Å²) in [6.07, 6.45) is 6.95. The molecular weight excluding hydrogens is 444 g/mol. The van der Waals surface area contributed by atoms with Crippen molar-refractivity contribution in [3.05, 3.63) is 72.1 Å². The van der Waals surface area contributed by atoms with Crippen molar-refractivity contribution >= 4 is 39.9 Å². The number of methoxy groups -OCH3 is 1. The van der Waals surface area contributed by atoms with Crippen molar-refractivity contribution in [2.24, 2.45) is 0 Å². The number of ketones is 1. The molecule has 0 amide bonds. The summed E-state index contributed by atoms with van der Waals surface area (Å²) in [5.74, 6) is 2.48. The van der Waals surface area contributed by atoms with Gasteiger partial charge in [0, 0.05) is 11.3 Å². The van der Waals surface area contributed by atoms with Crippen molar-refractivity contribution < 1.29 is 14.3 Å². The molecule has 164 valence electrons. The smallest absolute Gasteiger partial charge is 0.235 e. The van der Waals surface area contributed by atoms with Crippen LogP contribution in [0.4, 0.5) is 0 Å². The van der Waals surface area contributed by atoms with Crippen LogP contribution in [-0.2, 0) is 0 Å². The van der Waals surface area contributed by atoms with Crippen LogP contribution in [0.1, 0.15) is 28.8 Å². The average molecular weight is 467 g/mol. The van der Waals surface area contributed by atoms with E-state index in [1.807, 2.05) is 36.4 Å². The summed E-state index contributed by atoms with van der Waals surface area (Å²) in [6.45, 7) is 0.635. The van der Waals surface area contributed by atoms with Gasteiger partial charge in [-0.1, -0.05) is 41.3 Å². The standard InChI is InChI=1S/C23H22N4O3S2/c1-29-19-9-4-17(5-10-19)6-13-21(28)18-7-11-20(12-8-18)30-14-2-3-15-31-23-26-27-16-24-25-22(27)32-23/h4-13,16H,2-3,14-15H2,1H3/b13-6+. The molecule has 0 N–H and O–H groups in total. The molecule has 2 aromatic carbocycles. The fourth-order valence-corrected chi connectivity index (χ4v) is 4.78. The van der Waals surface area contributed by atoms with E-state index in [4.69, 9.17) is 9.47 Å². The van der Waals surface area contributed by atoms with Gasteiger partial charge in [0.1, 0.15) is 17.8 Å². The van der Waals surface area contributed by atoms with Crippen molar-refractivity contribution in [2.75, 3.05) is 19.5 Å². The van der Waals surface area contributed by atoms with Crippen LogP contribution in [0.15, 0.2) is 65.3 Å². The highest BCUT2D eigenvalue weighted by atomic mass is 32.2. The largest absolute Gasteiger partial charge is 0.497 e. The highest BCUT2D eigenvalue weighted by Crippen LogP contribution is 2.24. The minimum absolute atomic E-state index is 0.0465. The average Bonchev–Trinajstić information content (AvgIpc) is 3.42. The van der Waals surface area contributed by atoms with E-state index in [2.05, 4.69) is 15.3 Å². The molecule has 0 spiro atoms. The number of ether oxygens (including phenoxy) is 2. The number of hydrogen-bond donors (Lipinski definition) is 0. The Balaban J connectivity index is 1.16. The zero-order chi connectivity index (χ0) is 22.2. The third-order valence-electron chi connectivity index (χ3n) is 4.58. The maximum absolute atomic E-state index is 12.4. The van der Waals surface area contributed by atoms with Crippen molar-refractivity contribution in [3.63, 3.8) is 0 Å². The number of benzene rings is 2. The number of nitrogens with zero attached hydrogens (tertiary/aromatic N) is 4. The Morgan fingerprint density at radius 2 is 1.88 bits per heavy atom. The monoisotopic (exact) mass is 466 g/mol. The van der Waals surface area contributed by atoms with Crippen LogP contribution in [-0.4, -0.2) is 45.1 Å². The quantitative estimate of drug-likeness (QED) is 0.133. The molecule has 0 radical (unpaired) electrons. The molecule has 0 saturated carbocycles. The van der Waals surface area contributed by atoms with Crippen LogP contribution in [0.3, 0.4) is 0 Å². The molecule has 0 aliphatic carbocycles. The summed E-state index contributed by atoms with van der Waals surface area (Å²) in [4.78, 5) is 13.2. The molecule has 0 bridgehead atoms. The minimum Gasteiger partial charge on any atom is -0.497 e. The summed E-state index contributed by atoms with van der Waals surface area (Å²) in [7, 11) is 1.63. The van der Waals surface area contributed by atoms with E-state index in [-0.39, 0.29) is 5.78 Å². The Bertz CT molecular complexity index is 1160. The zero-order valence-corrected chi connectivity index (χ0v) is 19.1. The first kappa shape index (κ1) is 22.0. The molecule has 0 aliphatic heterocycles. The van der Waals surface area contributed by atoms with Crippen LogP contribution in [0.25, 0.3) is 11.0 Å². The number of rotatable bonds is 11.